The van der Waals surface area contributed by atoms with E-state index in [1.165, 1.54) is 37.3 Å². The van der Waals surface area contributed by atoms with E-state index in [-0.39, 0.29) is 11.3 Å². The maximum atomic E-state index is 13.2. The number of amides is 1. The number of hydrogen-bond donors (Lipinski definition) is 1. The van der Waals surface area contributed by atoms with Crippen molar-refractivity contribution >= 4 is 33.5 Å². The number of ether oxygens (including phenoxy) is 1. The van der Waals surface area contributed by atoms with Gasteiger partial charge in [0.1, 0.15) is 11.6 Å². The zero-order valence-electron chi connectivity index (χ0n) is 12.0. The van der Waals surface area contributed by atoms with Gasteiger partial charge in [0.25, 0.3) is 5.91 Å². The molecule has 2 aromatic carbocycles. The smallest absolute Gasteiger partial charge is 0.340 e. The van der Waals surface area contributed by atoms with Crippen molar-refractivity contribution in [2.45, 2.75) is 13.0 Å². The summed E-state index contributed by atoms with van der Waals surface area (Å²) in [5.41, 5.74) is 0.209. The zero-order chi connectivity index (χ0) is 17.0. The average Bonchev–Trinajstić information content (AvgIpc) is 2.49. The first-order chi connectivity index (χ1) is 10.9. The Balaban J connectivity index is 2.03. The van der Waals surface area contributed by atoms with Crippen LogP contribution >= 0.6 is 15.9 Å². The Morgan fingerprint density at radius 2 is 1.83 bits per heavy atom. The molecule has 1 atom stereocenters. The van der Waals surface area contributed by atoms with Crippen LogP contribution in [0.5, 0.6) is 0 Å². The van der Waals surface area contributed by atoms with Gasteiger partial charge in [-0.3, -0.25) is 4.79 Å². The summed E-state index contributed by atoms with van der Waals surface area (Å²) in [5.74, 6) is -2.58. The number of carbonyl (C=O) groups is 2. The predicted octanol–water partition coefficient (Wildman–Crippen LogP) is 3.91. The van der Waals surface area contributed by atoms with Crippen molar-refractivity contribution in [3.63, 3.8) is 0 Å². The van der Waals surface area contributed by atoms with E-state index in [2.05, 4.69) is 21.2 Å². The molecule has 120 valence electrons. The highest BCUT2D eigenvalue weighted by molar-refractivity contribution is 9.10. The van der Waals surface area contributed by atoms with Crippen LogP contribution in [-0.4, -0.2) is 18.0 Å². The van der Waals surface area contributed by atoms with Gasteiger partial charge in [0.15, 0.2) is 6.10 Å². The van der Waals surface area contributed by atoms with Crippen molar-refractivity contribution in [3.05, 3.63) is 64.1 Å². The molecule has 23 heavy (non-hydrogen) atoms. The number of benzene rings is 2. The standard InChI is InChI=1S/C16H12BrF2NO3/c1-9(15(21)20-12-4-2-3-10(18)7-12)23-16(22)13-8-11(19)5-6-14(13)17/h2-9H,1H3,(H,20,21)/t9-/m0/s1. The third kappa shape index (κ3) is 4.59. The topological polar surface area (TPSA) is 55.4 Å². The first kappa shape index (κ1) is 17.1. The van der Waals surface area contributed by atoms with E-state index in [1.54, 1.807) is 0 Å². The first-order valence-corrected chi connectivity index (χ1v) is 7.38. The van der Waals surface area contributed by atoms with Crippen molar-refractivity contribution in [3.8, 4) is 0 Å². The highest BCUT2D eigenvalue weighted by Gasteiger charge is 2.21. The van der Waals surface area contributed by atoms with Gasteiger partial charge in [-0.25, -0.2) is 13.6 Å². The zero-order valence-corrected chi connectivity index (χ0v) is 13.6. The maximum absolute atomic E-state index is 13.2. The molecular formula is C16H12BrF2NO3. The molecule has 0 bridgehead atoms. The van der Waals surface area contributed by atoms with Gasteiger partial charge in [0, 0.05) is 10.2 Å². The number of esters is 1. The van der Waals surface area contributed by atoms with Crippen LogP contribution in [0.3, 0.4) is 0 Å². The lowest BCUT2D eigenvalue weighted by Gasteiger charge is -2.14. The third-order valence-electron chi connectivity index (χ3n) is 2.89. The fourth-order valence-corrected chi connectivity index (χ4v) is 2.15. The van der Waals surface area contributed by atoms with Crippen molar-refractivity contribution in [2.75, 3.05) is 5.32 Å². The largest absolute Gasteiger partial charge is 0.449 e. The summed E-state index contributed by atoms with van der Waals surface area (Å²) in [7, 11) is 0. The van der Waals surface area contributed by atoms with Crippen LogP contribution in [0.4, 0.5) is 14.5 Å². The molecule has 1 amide bonds. The SMILES string of the molecule is C[C@H](OC(=O)c1cc(F)ccc1Br)C(=O)Nc1cccc(F)c1. The Bertz CT molecular complexity index is 752. The molecule has 4 nitrogen and oxygen atoms in total. The van der Waals surface area contributed by atoms with E-state index in [9.17, 15) is 18.4 Å². The minimum absolute atomic E-state index is 0.0320. The van der Waals surface area contributed by atoms with Crippen molar-refractivity contribution < 1.29 is 23.1 Å². The van der Waals surface area contributed by atoms with E-state index >= 15 is 0 Å². The molecule has 0 radical (unpaired) electrons. The lowest BCUT2D eigenvalue weighted by atomic mass is 10.2. The Morgan fingerprint density at radius 1 is 1.13 bits per heavy atom. The number of rotatable bonds is 4. The minimum Gasteiger partial charge on any atom is -0.449 e. The highest BCUT2D eigenvalue weighted by atomic mass is 79.9. The van der Waals surface area contributed by atoms with Crippen LogP contribution < -0.4 is 5.32 Å². The Hall–Kier alpha value is -2.28. The summed E-state index contributed by atoms with van der Waals surface area (Å²) in [4.78, 5) is 23.9. The molecule has 0 spiro atoms. The van der Waals surface area contributed by atoms with Gasteiger partial charge in [-0.1, -0.05) is 6.07 Å². The van der Waals surface area contributed by atoms with Gasteiger partial charge >= 0.3 is 5.97 Å². The predicted molar refractivity (Wildman–Crippen MR) is 84.0 cm³/mol. The van der Waals surface area contributed by atoms with Crippen molar-refractivity contribution in [1.29, 1.82) is 0 Å². The number of hydrogen-bond acceptors (Lipinski definition) is 3. The van der Waals surface area contributed by atoms with Gasteiger partial charge < -0.3 is 10.1 Å². The minimum atomic E-state index is -1.14. The van der Waals surface area contributed by atoms with Crippen molar-refractivity contribution in [2.24, 2.45) is 0 Å². The third-order valence-corrected chi connectivity index (χ3v) is 3.59. The van der Waals surface area contributed by atoms with Crippen molar-refractivity contribution in [1.82, 2.24) is 0 Å². The fourth-order valence-electron chi connectivity index (χ4n) is 1.74. The molecule has 0 aliphatic rings. The summed E-state index contributed by atoms with van der Waals surface area (Å²) >= 11 is 3.11. The molecule has 0 aliphatic carbocycles. The van der Waals surface area contributed by atoms with Crippen LogP contribution in [0.1, 0.15) is 17.3 Å². The summed E-state index contributed by atoms with van der Waals surface area (Å²) in [5, 5.41) is 2.42. The van der Waals surface area contributed by atoms with Crippen LogP contribution in [0, 0.1) is 11.6 Å². The quantitative estimate of drug-likeness (QED) is 0.814. The van der Waals surface area contributed by atoms with E-state index in [0.717, 1.165) is 12.1 Å². The second-order valence-electron chi connectivity index (χ2n) is 4.67. The molecule has 1 N–H and O–H groups in total. The first-order valence-electron chi connectivity index (χ1n) is 6.59. The van der Waals surface area contributed by atoms with Gasteiger partial charge in [-0.05, 0) is 59.3 Å². The van der Waals surface area contributed by atoms with E-state index in [1.807, 2.05) is 0 Å². The summed E-state index contributed by atoms with van der Waals surface area (Å²) < 4.78 is 31.6. The Kier molecular flexibility index (Phi) is 5.44. The van der Waals surface area contributed by atoms with Crippen LogP contribution in [-0.2, 0) is 9.53 Å². The van der Waals surface area contributed by atoms with Gasteiger partial charge in [0.05, 0.1) is 5.56 Å². The summed E-state index contributed by atoms with van der Waals surface area (Å²) in [6, 6.07) is 8.86. The second-order valence-corrected chi connectivity index (χ2v) is 5.53. The average molecular weight is 384 g/mol. The molecule has 7 heteroatoms. The number of nitrogens with one attached hydrogen (secondary N) is 1. The monoisotopic (exact) mass is 383 g/mol. The summed E-state index contributed by atoms with van der Waals surface area (Å²) in [6.45, 7) is 1.36. The second kappa shape index (κ2) is 7.32. The molecule has 2 rings (SSSR count). The Morgan fingerprint density at radius 3 is 2.52 bits per heavy atom. The summed E-state index contributed by atoms with van der Waals surface area (Å²) in [6.07, 6.45) is -1.14. The fraction of sp³-hybridized carbons (Fsp3) is 0.125. The van der Waals surface area contributed by atoms with Crippen LogP contribution in [0.2, 0.25) is 0 Å². The highest BCUT2D eigenvalue weighted by Crippen LogP contribution is 2.19. The molecule has 0 aromatic heterocycles. The number of halogens is 3. The molecule has 0 unspecified atom stereocenters. The molecule has 0 fully saturated rings. The lowest BCUT2D eigenvalue weighted by molar-refractivity contribution is -0.123. The normalized spacial score (nSPS) is 11.7. The number of carbonyl (C=O) groups excluding carboxylic acids is 2. The number of anilines is 1. The van der Waals surface area contributed by atoms with Gasteiger partial charge in [-0.2, -0.15) is 0 Å². The van der Waals surface area contributed by atoms with Crippen LogP contribution in [0.15, 0.2) is 46.9 Å². The molecular weight excluding hydrogens is 372 g/mol. The van der Waals surface area contributed by atoms with Gasteiger partial charge in [-0.15, -0.1) is 0 Å². The van der Waals surface area contributed by atoms with Gasteiger partial charge in [0.2, 0.25) is 0 Å². The maximum Gasteiger partial charge on any atom is 0.340 e. The van der Waals surface area contributed by atoms with Crippen LogP contribution in [0.25, 0.3) is 0 Å². The molecule has 0 saturated heterocycles. The van der Waals surface area contributed by atoms with E-state index in [0.29, 0.717) is 4.47 Å². The molecule has 0 aliphatic heterocycles. The van der Waals surface area contributed by atoms with E-state index < -0.39 is 29.6 Å². The molecule has 2 aromatic rings. The molecule has 0 heterocycles. The molecule has 0 saturated carbocycles. The van der Waals surface area contributed by atoms with E-state index in [4.69, 9.17) is 4.74 Å². The Labute approximate surface area is 139 Å². The lowest BCUT2D eigenvalue weighted by Crippen LogP contribution is -2.30.